The molecule has 0 saturated heterocycles. The number of para-hydroxylation sites is 1. The summed E-state index contributed by atoms with van der Waals surface area (Å²) in [6, 6.07) is 7.36. The Morgan fingerprint density at radius 2 is 2.38 bits per heavy atom. The smallest absolute Gasteiger partial charge is 0.320 e. The van der Waals surface area contributed by atoms with Crippen molar-refractivity contribution in [3.05, 3.63) is 29.8 Å². The predicted octanol–water partition coefficient (Wildman–Crippen LogP) is 1.23. The van der Waals surface area contributed by atoms with Gasteiger partial charge in [0.05, 0.1) is 6.61 Å². The summed E-state index contributed by atoms with van der Waals surface area (Å²) in [4.78, 5) is 10.7. The summed E-state index contributed by atoms with van der Waals surface area (Å²) in [5.74, 6) is 0.336. The fourth-order valence-corrected chi connectivity index (χ4v) is 1.80. The summed E-state index contributed by atoms with van der Waals surface area (Å²) in [6.07, 6.45) is 0. The van der Waals surface area contributed by atoms with E-state index in [1.807, 2.05) is 24.3 Å². The van der Waals surface area contributed by atoms with Crippen molar-refractivity contribution in [2.45, 2.75) is 18.9 Å². The Balaban J connectivity index is 1.96. The van der Waals surface area contributed by atoms with E-state index in [-0.39, 0.29) is 5.92 Å². The lowest BCUT2D eigenvalue weighted by atomic mass is 10.0. The van der Waals surface area contributed by atoms with Gasteiger partial charge in [-0.05, 0) is 13.0 Å². The predicted molar refractivity (Wildman–Crippen MR) is 59.8 cm³/mol. The molecule has 16 heavy (non-hydrogen) atoms. The molecule has 1 aromatic rings. The third-order valence-electron chi connectivity index (χ3n) is 2.84. The van der Waals surface area contributed by atoms with Crippen LogP contribution in [0.5, 0.6) is 5.75 Å². The molecule has 0 fully saturated rings. The molecule has 1 unspecified atom stereocenters. The van der Waals surface area contributed by atoms with E-state index in [2.05, 4.69) is 5.32 Å². The highest BCUT2D eigenvalue weighted by atomic mass is 16.5. The molecule has 4 heteroatoms. The van der Waals surface area contributed by atoms with Crippen LogP contribution in [0.4, 0.5) is 0 Å². The van der Waals surface area contributed by atoms with Gasteiger partial charge in [0, 0.05) is 18.0 Å². The van der Waals surface area contributed by atoms with Crippen molar-refractivity contribution in [2.75, 3.05) is 13.2 Å². The van der Waals surface area contributed by atoms with Gasteiger partial charge in [-0.3, -0.25) is 4.79 Å². The summed E-state index contributed by atoms with van der Waals surface area (Å²) < 4.78 is 5.52. The van der Waals surface area contributed by atoms with Gasteiger partial charge < -0.3 is 15.2 Å². The van der Waals surface area contributed by atoms with Gasteiger partial charge in [-0.25, -0.2) is 0 Å². The quantitative estimate of drug-likeness (QED) is 0.802. The lowest BCUT2D eigenvalue weighted by Crippen LogP contribution is -2.36. The number of hydrogen-bond donors (Lipinski definition) is 2. The molecule has 0 radical (unpaired) electrons. The van der Waals surface area contributed by atoms with Crippen molar-refractivity contribution in [2.24, 2.45) is 0 Å². The Morgan fingerprint density at radius 3 is 3.12 bits per heavy atom. The fraction of sp³-hybridized carbons (Fsp3) is 0.417. The maximum atomic E-state index is 10.7. The normalized spacial score (nSPS) is 19.9. The first kappa shape index (κ1) is 11.0. The van der Waals surface area contributed by atoms with Crippen molar-refractivity contribution in [1.82, 2.24) is 5.32 Å². The highest BCUT2D eigenvalue weighted by molar-refractivity contribution is 5.72. The largest absolute Gasteiger partial charge is 0.493 e. The van der Waals surface area contributed by atoms with Gasteiger partial charge >= 0.3 is 5.97 Å². The minimum atomic E-state index is -0.827. The zero-order valence-corrected chi connectivity index (χ0v) is 9.14. The highest BCUT2D eigenvalue weighted by Crippen LogP contribution is 2.32. The minimum Gasteiger partial charge on any atom is -0.493 e. The van der Waals surface area contributed by atoms with Gasteiger partial charge in [-0.1, -0.05) is 18.2 Å². The molecule has 1 aromatic carbocycles. The molecule has 0 aliphatic carbocycles. The molecule has 0 aromatic heterocycles. The average Bonchev–Trinajstić information content (AvgIpc) is 2.69. The second kappa shape index (κ2) is 4.53. The van der Waals surface area contributed by atoms with Gasteiger partial charge in [0.25, 0.3) is 0 Å². The third kappa shape index (κ3) is 2.17. The van der Waals surface area contributed by atoms with E-state index >= 15 is 0 Å². The van der Waals surface area contributed by atoms with E-state index < -0.39 is 12.0 Å². The molecule has 1 heterocycles. The molecule has 0 bridgehead atoms. The number of carboxylic acids is 1. The summed E-state index contributed by atoms with van der Waals surface area (Å²) in [7, 11) is 0. The highest BCUT2D eigenvalue weighted by Gasteiger charge is 2.24. The van der Waals surface area contributed by atoms with E-state index in [4.69, 9.17) is 9.84 Å². The van der Waals surface area contributed by atoms with Crippen LogP contribution in [0.15, 0.2) is 24.3 Å². The second-order valence-electron chi connectivity index (χ2n) is 4.01. The van der Waals surface area contributed by atoms with E-state index in [9.17, 15) is 4.79 Å². The fourth-order valence-electron chi connectivity index (χ4n) is 1.80. The van der Waals surface area contributed by atoms with Crippen molar-refractivity contribution in [1.29, 1.82) is 0 Å². The number of rotatable bonds is 4. The Kier molecular flexibility index (Phi) is 3.10. The van der Waals surface area contributed by atoms with Crippen molar-refractivity contribution >= 4 is 5.97 Å². The summed E-state index contributed by atoms with van der Waals surface area (Å²) in [5, 5.41) is 11.7. The number of nitrogens with one attached hydrogen (secondary N) is 1. The Labute approximate surface area is 94.2 Å². The zero-order valence-electron chi connectivity index (χ0n) is 9.14. The SMILES string of the molecule is C[C@@H](NCC1COc2ccccc21)C(=O)O. The molecule has 2 rings (SSSR count). The van der Waals surface area contributed by atoms with E-state index in [1.165, 1.54) is 0 Å². The molecule has 0 amide bonds. The van der Waals surface area contributed by atoms with Gasteiger partial charge in [0.2, 0.25) is 0 Å². The van der Waals surface area contributed by atoms with E-state index in [0.29, 0.717) is 13.2 Å². The number of fused-ring (bicyclic) bond motifs is 1. The van der Waals surface area contributed by atoms with Crippen LogP contribution in [0.2, 0.25) is 0 Å². The maximum absolute atomic E-state index is 10.7. The lowest BCUT2D eigenvalue weighted by Gasteiger charge is -2.13. The van der Waals surface area contributed by atoms with Gasteiger partial charge in [0.15, 0.2) is 0 Å². The Morgan fingerprint density at radius 1 is 1.62 bits per heavy atom. The molecular weight excluding hydrogens is 206 g/mol. The van der Waals surface area contributed by atoms with Crippen molar-refractivity contribution < 1.29 is 14.6 Å². The summed E-state index contributed by atoms with van der Waals surface area (Å²) in [6.45, 7) is 2.90. The molecule has 0 spiro atoms. The third-order valence-corrected chi connectivity index (χ3v) is 2.84. The molecule has 0 saturated carbocycles. The van der Waals surface area contributed by atoms with Crippen LogP contribution in [-0.4, -0.2) is 30.3 Å². The van der Waals surface area contributed by atoms with Crippen molar-refractivity contribution in [3.63, 3.8) is 0 Å². The number of hydrogen-bond acceptors (Lipinski definition) is 3. The number of ether oxygens (including phenoxy) is 1. The van der Waals surface area contributed by atoms with Crippen LogP contribution in [0.1, 0.15) is 18.4 Å². The molecular formula is C12H15NO3. The van der Waals surface area contributed by atoms with Gasteiger partial charge in [0.1, 0.15) is 11.8 Å². The second-order valence-corrected chi connectivity index (χ2v) is 4.01. The summed E-state index contributed by atoms with van der Waals surface area (Å²) >= 11 is 0. The summed E-state index contributed by atoms with van der Waals surface area (Å²) in [5.41, 5.74) is 1.16. The van der Waals surface area contributed by atoms with E-state index in [0.717, 1.165) is 11.3 Å². The molecule has 2 atom stereocenters. The number of carboxylic acid groups (broad SMARTS) is 1. The number of benzene rings is 1. The van der Waals surface area contributed by atoms with Crippen LogP contribution in [0, 0.1) is 0 Å². The van der Waals surface area contributed by atoms with Gasteiger partial charge in [-0.15, -0.1) is 0 Å². The van der Waals surface area contributed by atoms with Crippen LogP contribution in [0.25, 0.3) is 0 Å². The number of aliphatic carboxylic acids is 1. The topological polar surface area (TPSA) is 58.6 Å². The molecule has 2 N–H and O–H groups in total. The lowest BCUT2D eigenvalue weighted by molar-refractivity contribution is -0.139. The first-order valence-electron chi connectivity index (χ1n) is 5.36. The number of carbonyl (C=O) groups is 1. The van der Waals surface area contributed by atoms with Gasteiger partial charge in [-0.2, -0.15) is 0 Å². The Hall–Kier alpha value is -1.55. The molecule has 86 valence electrons. The maximum Gasteiger partial charge on any atom is 0.320 e. The zero-order chi connectivity index (χ0) is 11.5. The first-order valence-corrected chi connectivity index (χ1v) is 5.36. The van der Waals surface area contributed by atoms with Crippen LogP contribution < -0.4 is 10.1 Å². The molecule has 1 aliphatic rings. The average molecular weight is 221 g/mol. The van der Waals surface area contributed by atoms with Crippen LogP contribution >= 0.6 is 0 Å². The molecule has 1 aliphatic heterocycles. The monoisotopic (exact) mass is 221 g/mol. The van der Waals surface area contributed by atoms with Crippen LogP contribution in [0.3, 0.4) is 0 Å². The Bertz CT molecular complexity index is 392. The van der Waals surface area contributed by atoms with Crippen LogP contribution in [-0.2, 0) is 4.79 Å². The first-order chi connectivity index (χ1) is 7.68. The van der Waals surface area contributed by atoms with Crippen molar-refractivity contribution in [3.8, 4) is 5.75 Å². The molecule has 4 nitrogen and oxygen atoms in total. The minimum absolute atomic E-state index is 0.248. The van der Waals surface area contributed by atoms with E-state index in [1.54, 1.807) is 6.92 Å². The standard InChI is InChI=1S/C12H15NO3/c1-8(12(14)15)13-6-9-7-16-11-5-3-2-4-10(9)11/h2-5,8-9,13H,6-7H2,1H3,(H,14,15)/t8-,9?/m1/s1.